The van der Waals surface area contributed by atoms with Gasteiger partial charge in [-0.2, -0.15) is 0 Å². The van der Waals surface area contributed by atoms with Crippen LogP contribution in [0.25, 0.3) is 0 Å². The topological polar surface area (TPSA) is 23.6 Å². The predicted octanol–water partition coefficient (Wildman–Crippen LogP) is 9.35. The van der Waals surface area contributed by atoms with Crippen molar-refractivity contribution in [1.29, 1.82) is 0 Å². The Morgan fingerprint density at radius 3 is 2.35 bits per heavy atom. The molecule has 2 aliphatic rings. The lowest BCUT2D eigenvalue weighted by molar-refractivity contribution is 0.0973. The Labute approximate surface area is 273 Å². The SMILES string of the molecule is Cc1ccccc1CN1CCCc2ccc(C(=O)CCCC3CCN(Cc4cccc(C(C)(C)C)c4)CC3)cc2C1.Cl.Cl. The number of carbonyl (C=O) groups is 1. The fraction of sp³-hybridized carbons (Fsp3) is 0.500. The minimum absolute atomic E-state index is 0. The number of piperidine rings is 1. The van der Waals surface area contributed by atoms with Gasteiger partial charge in [0.25, 0.3) is 0 Å². The number of benzene rings is 3. The smallest absolute Gasteiger partial charge is 0.162 e. The Morgan fingerprint density at radius 2 is 1.60 bits per heavy atom. The molecular formula is C38H52Cl2N2O. The number of aryl methyl sites for hydroxylation is 2. The Bertz CT molecular complexity index is 1320. The number of fused-ring (bicyclic) bond motifs is 1. The average molecular weight is 624 g/mol. The van der Waals surface area contributed by atoms with E-state index >= 15 is 0 Å². The maximum absolute atomic E-state index is 13.2. The van der Waals surface area contributed by atoms with Gasteiger partial charge < -0.3 is 0 Å². The summed E-state index contributed by atoms with van der Waals surface area (Å²) in [5.74, 6) is 1.07. The Kier molecular flexibility index (Phi) is 13.3. The van der Waals surface area contributed by atoms with Crippen molar-refractivity contribution in [1.82, 2.24) is 9.80 Å². The molecule has 43 heavy (non-hydrogen) atoms. The van der Waals surface area contributed by atoms with Gasteiger partial charge in [0.05, 0.1) is 0 Å². The van der Waals surface area contributed by atoms with Crippen LogP contribution < -0.4 is 0 Å². The monoisotopic (exact) mass is 622 g/mol. The van der Waals surface area contributed by atoms with Crippen LogP contribution in [0.1, 0.15) is 103 Å². The van der Waals surface area contributed by atoms with Crippen molar-refractivity contribution in [2.24, 2.45) is 5.92 Å². The second-order valence-electron chi connectivity index (χ2n) is 13.7. The molecule has 0 aromatic heterocycles. The lowest BCUT2D eigenvalue weighted by Crippen LogP contribution is -2.33. The minimum atomic E-state index is 0. The minimum Gasteiger partial charge on any atom is -0.299 e. The van der Waals surface area contributed by atoms with E-state index < -0.39 is 0 Å². The highest BCUT2D eigenvalue weighted by Crippen LogP contribution is 2.27. The van der Waals surface area contributed by atoms with Crippen molar-refractivity contribution in [3.63, 3.8) is 0 Å². The third-order valence-electron chi connectivity index (χ3n) is 9.42. The summed E-state index contributed by atoms with van der Waals surface area (Å²) in [5, 5.41) is 0. The standard InChI is InChI=1S/C38H50N2O.2ClH/c1-29-10-5-6-13-34(29)27-40-21-9-14-32-17-18-33(25-35(32)28-40)37(41)16-8-11-30-19-22-39(23-20-30)26-31-12-7-15-36(24-31)38(2,3)4;;/h5-7,10,12-13,15,17-18,24-25,30H,8-9,11,14,16,19-23,26-28H2,1-4H3;2*1H. The molecule has 3 nitrogen and oxygen atoms in total. The molecule has 0 N–H and O–H groups in total. The molecule has 3 aromatic carbocycles. The number of halogens is 2. The number of carbonyl (C=O) groups excluding carboxylic acids is 1. The Balaban J connectivity index is 0.00000253. The number of rotatable bonds is 9. The highest BCUT2D eigenvalue weighted by Gasteiger charge is 2.21. The van der Waals surface area contributed by atoms with Crippen molar-refractivity contribution in [2.75, 3.05) is 19.6 Å². The fourth-order valence-corrected chi connectivity index (χ4v) is 6.69. The van der Waals surface area contributed by atoms with Gasteiger partial charge in [-0.1, -0.05) is 81.4 Å². The number of hydrogen-bond acceptors (Lipinski definition) is 3. The molecule has 0 radical (unpaired) electrons. The van der Waals surface area contributed by atoms with Crippen molar-refractivity contribution in [3.05, 3.63) is 106 Å². The van der Waals surface area contributed by atoms with Gasteiger partial charge in [0.1, 0.15) is 0 Å². The number of ketones is 1. The summed E-state index contributed by atoms with van der Waals surface area (Å²) in [4.78, 5) is 18.4. The van der Waals surface area contributed by atoms with E-state index in [1.54, 1.807) is 0 Å². The van der Waals surface area contributed by atoms with Gasteiger partial charge in [-0.05, 0) is 116 Å². The fourth-order valence-electron chi connectivity index (χ4n) is 6.69. The predicted molar refractivity (Wildman–Crippen MR) is 186 cm³/mol. The largest absolute Gasteiger partial charge is 0.299 e. The molecule has 1 saturated heterocycles. The molecule has 2 aliphatic heterocycles. The first-order valence-corrected chi connectivity index (χ1v) is 16.0. The van der Waals surface area contributed by atoms with Crippen molar-refractivity contribution >= 4 is 30.6 Å². The molecule has 2 heterocycles. The van der Waals surface area contributed by atoms with E-state index in [1.807, 2.05) is 0 Å². The maximum atomic E-state index is 13.2. The molecule has 3 aromatic rings. The maximum Gasteiger partial charge on any atom is 0.162 e. The normalized spacial score (nSPS) is 16.5. The first kappa shape index (κ1) is 35.3. The van der Waals surface area contributed by atoms with Crippen LogP contribution >= 0.6 is 24.8 Å². The quantitative estimate of drug-likeness (QED) is 0.222. The third-order valence-corrected chi connectivity index (χ3v) is 9.42. The summed E-state index contributed by atoms with van der Waals surface area (Å²) in [6.07, 6.45) is 7.64. The second kappa shape index (κ2) is 16.2. The van der Waals surface area contributed by atoms with Gasteiger partial charge in [-0.3, -0.25) is 14.6 Å². The van der Waals surface area contributed by atoms with Crippen molar-refractivity contribution in [3.8, 4) is 0 Å². The molecule has 5 rings (SSSR count). The first-order valence-electron chi connectivity index (χ1n) is 16.0. The third kappa shape index (κ3) is 9.91. The van der Waals surface area contributed by atoms with Crippen LogP contribution in [0.3, 0.4) is 0 Å². The summed E-state index contributed by atoms with van der Waals surface area (Å²) in [7, 11) is 0. The second-order valence-corrected chi connectivity index (χ2v) is 13.7. The van der Waals surface area contributed by atoms with Gasteiger partial charge in [-0.15, -0.1) is 24.8 Å². The van der Waals surface area contributed by atoms with Crippen LogP contribution in [0.5, 0.6) is 0 Å². The molecule has 0 saturated carbocycles. The molecule has 0 spiro atoms. The molecule has 5 heteroatoms. The molecule has 1 fully saturated rings. The molecule has 0 atom stereocenters. The number of likely N-dealkylation sites (tertiary alicyclic amines) is 1. The zero-order chi connectivity index (χ0) is 28.8. The van der Waals surface area contributed by atoms with E-state index in [4.69, 9.17) is 0 Å². The van der Waals surface area contributed by atoms with E-state index in [0.29, 0.717) is 12.2 Å². The number of nitrogens with zero attached hydrogens (tertiary/aromatic N) is 2. The molecular weight excluding hydrogens is 571 g/mol. The first-order chi connectivity index (χ1) is 19.7. The van der Waals surface area contributed by atoms with E-state index in [9.17, 15) is 4.79 Å². The zero-order valence-corrected chi connectivity index (χ0v) is 28.4. The van der Waals surface area contributed by atoms with Crippen LogP contribution in [0.15, 0.2) is 66.7 Å². The number of Topliss-reactive ketones (excluding diaryl/α,β-unsaturated/α-hetero) is 1. The van der Waals surface area contributed by atoms with Crippen LogP contribution in [0, 0.1) is 12.8 Å². The lowest BCUT2D eigenvalue weighted by Gasteiger charge is -2.32. The molecule has 0 bridgehead atoms. The van der Waals surface area contributed by atoms with Crippen molar-refractivity contribution in [2.45, 2.75) is 97.7 Å². The number of hydrogen-bond donors (Lipinski definition) is 0. The summed E-state index contributed by atoms with van der Waals surface area (Å²) in [5.41, 5.74) is 9.49. The van der Waals surface area contributed by atoms with Gasteiger partial charge in [0.2, 0.25) is 0 Å². The van der Waals surface area contributed by atoms with E-state index in [1.165, 1.54) is 72.2 Å². The molecule has 0 aliphatic carbocycles. The molecule has 0 amide bonds. The summed E-state index contributed by atoms with van der Waals surface area (Å²) in [6, 6.07) is 24.4. The zero-order valence-electron chi connectivity index (χ0n) is 26.7. The Hall–Kier alpha value is -2.17. The summed E-state index contributed by atoms with van der Waals surface area (Å²) >= 11 is 0. The highest BCUT2D eigenvalue weighted by atomic mass is 35.5. The van der Waals surface area contributed by atoms with Gasteiger partial charge in [0, 0.05) is 31.6 Å². The van der Waals surface area contributed by atoms with Crippen LogP contribution in [0.2, 0.25) is 0 Å². The molecule has 0 unspecified atom stereocenters. The van der Waals surface area contributed by atoms with E-state index in [0.717, 1.165) is 50.5 Å². The van der Waals surface area contributed by atoms with E-state index in [-0.39, 0.29) is 30.2 Å². The average Bonchev–Trinajstić information content (AvgIpc) is 3.16. The van der Waals surface area contributed by atoms with E-state index in [2.05, 4.69) is 104 Å². The Morgan fingerprint density at radius 1 is 0.837 bits per heavy atom. The van der Waals surface area contributed by atoms with Gasteiger partial charge in [-0.25, -0.2) is 0 Å². The van der Waals surface area contributed by atoms with Crippen LogP contribution in [-0.4, -0.2) is 35.2 Å². The van der Waals surface area contributed by atoms with Crippen LogP contribution in [-0.2, 0) is 31.5 Å². The van der Waals surface area contributed by atoms with Gasteiger partial charge in [0.15, 0.2) is 5.78 Å². The molecule has 234 valence electrons. The van der Waals surface area contributed by atoms with Crippen LogP contribution in [0.4, 0.5) is 0 Å². The summed E-state index contributed by atoms with van der Waals surface area (Å²) < 4.78 is 0. The lowest BCUT2D eigenvalue weighted by atomic mass is 9.86. The summed E-state index contributed by atoms with van der Waals surface area (Å²) in [6.45, 7) is 15.5. The highest BCUT2D eigenvalue weighted by molar-refractivity contribution is 5.96. The van der Waals surface area contributed by atoms with Crippen molar-refractivity contribution < 1.29 is 4.79 Å². The van der Waals surface area contributed by atoms with Gasteiger partial charge >= 0.3 is 0 Å².